The normalized spacial score (nSPS) is 15.8. The van der Waals surface area contributed by atoms with Crippen LogP contribution in [0.1, 0.15) is 56.6 Å². The molecular formula is C19H33Cl2N3O. The Morgan fingerprint density at radius 1 is 1.20 bits per heavy atom. The van der Waals surface area contributed by atoms with Crippen LogP contribution >= 0.6 is 24.8 Å². The highest BCUT2D eigenvalue weighted by molar-refractivity contribution is 5.85. The summed E-state index contributed by atoms with van der Waals surface area (Å²) in [6, 6.07) is 10.3. The number of benzene rings is 1. The van der Waals surface area contributed by atoms with Crippen molar-refractivity contribution in [2.24, 2.45) is 5.73 Å². The van der Waals surface area contributed by atoms with Crippen molar-refractivity contribution in [3.63, 3.8) is 0 Å². The summed E-state index contributed by atoms with van der Waals surface area (Å²) in [4.78, 5) is 14.4. The summed E-state index contributed by atoms with van der Waals surface area (Å²) < 4.78 is 0. The van der Waals surface area contributed by atoms with Gasteiger partial charge in [0.05, 0.1) is 0 Å². The molecule has 1 aromatic carbocycles. The quantitative estimate of drug-likeness (QED) is 0.666. The molecule has 25 heavy (non-hydrogen) atoms. The number of halogens is 2. The maximum atomic E-state index is 12.0. The van der Waals surface area contributed by atoms with Crippen molar-refractivity contribution in [2.45, 2.75) is 57.0 Å². The van der Waals surface area contributed by atoms with E-state index in [2.05, 4.69) is 17.3 Å². The Morgan fingerprint density at radius 2 is 1.84 bits per heavy atom. The number of hydrogen-bond donors (Lipinski definition) is 2. The Kier molecular flexibility index (Phi) is 13.0. The molecule has 1 unspecified atom stereocenters. The van der Waals surface area contributed by atoms with Crippen LogP contribution in [0, 0.1) is 0 Å². The van der Waals surface area contributed by atoms with Crippen molar-refractivity contribution in [3.8, 4) is 0 Å². The lowest BCUT2D eigenvalue weighted by molar-refractivity contribution is -0.121. The van der Waals surface area contributed by atoms with Gasteiger partial charge in [-0.15, -0.1) is 24.8 Å². The minimum Gasteiger partial charge on any atom is -0.356 e. The van der Waals surface area contributed by atoms with E-state index in [9.17, 15) is 4.79 Å². The van der Waals surface area contributed by atoms with Gasteiger partial charge in [-0.1, -0.05) is 49.6 Å². The molecule has 0 bridgehead atoms. The Balaban J connectivity index is 0.00000288. The Hall–Kier alpha value is -0.810. The van der Waals surface area contributed by atoms with Gasteiger partial charge in [0.2, 0.25) is 5.91 Å². The number of nitrogens with two attached hydrogens (primary N) is 1. The average Bonchev–Trinajstić information content (AvgIpc) is 2.60. The largest absolute Gasteiger partial charge is 0.356 e. The van der Waals surface area contributed by atoms with Gasteiger partial charge in [0.25, 0.3) is 0 Å². The molecule has 1 amide bonds. The zero-order valence-electron chi connectivity index (χ0n) is 15.2. The fourth-order valence-electron chi connectivity index (χ4n) is 3.35. The first kappa shape index (κ1) is 24.2. The van der Waals surface area contributed by atoms with Crippen molar-refractivity contribution in [1.82, 2.24) is 10.2 Å². The number of nitrogens with one attached hydrogen (secondary N) is 1. The molecule has 3 N–H and O–H groups in total. The Morgan fingerprint density at radius 3 is 2.48 bits per heavy atom. The Labute approximate surface area is 164 Å². The number of carbonyl (C=O) groups excluding carboxylic acids is 1. The molecule has 0 aromatic heterocycles. The molecule has 2 rings (SSSR count). The van der Waals surface area contributed by atoms with Gasteiger partial charge >= 0.3 is 0 Å². The summed E-state index contributed by atoms with van der Waals surface area (Å²) in [7, 11) is 2.21. The van der Waals surface area contributed by atoms with E-state index in [0.29, 0.717) is 6.42 Å². The van der Waals surface area contributed by atoms with E-state index in [0.717, 1.165) is 31.1 Å². The zero-order chi connectivity index (χ0) is 16.5. The van der Waals surface area contributed by atoms with E-state index in [1.807, 2.05) is 30.3 Å². The molecular weight excluding hydrogens is 357 g/mol. The summed E-state index contributed by atoms with van der Waals surface area (Å²) in [6.07, 6.45) is 8.12. The fourth-order valence-corrected chi connectivity index (χ4v) is 3.35. The van der Waals surface area contributed by atoms with Crippen LogP contribution in [0.2, 0.25) is 0 Å². The number of nitrogens with zero attached hydrogens (tertiary/aromatic N) is 1. The molecule has 1 aliphatic rings. The monoisotopic (exact) mass is 389 g/mol. The molecule has 1 aliphatic carbocycles. The minimum absolute atomic E-state index is 0. The van der Waals surface area contributed by atoms with Crippen LogP contribution in [0.4, 0.5) is 0 Å². The van der Waals surface area contributed by atoms with E-state index in [-0.39, 0.29) is 36.8 Å². The van der Waals surface area contributed by atoms with Gasteiger partial charge < -0.3 is 16.0 Å². The van der Waals surface area contributed by atoms with Crippen molar-refractivity contribution in [3.05, 3.63) is 35.9 Å². The van der Waals surface area contributed by atoms with E-state index in [1.54, 1.807) is 0 Å². The highest BCUT2D eigenvalue weighted by atomic mass is 35.5. The summed E-state index contributed by atoms with van der Waals surface area (Å²) in [6.45, 7) is 1.78. The van der Waals surface area contributed by atoms with Crippen LogP contribution in [0.5, 0.6) is 0 Å². The molecule has 1 atom stereocenters. The molecule has 4 nitrogen and oxygen atoms in total. The van der Waals surface area contributed by atoms with Gasteiger partial charge in [0.1, 0.15) is 0 Å². The standard InChI is InChI=1S/C19H31N3O.2ClH/c1-22(17-11-6-3-7-12-17)14-8-13-21-19(23)15-18(20)16-9-4-2-5-10-16;;/h2,4-5,9-10,17-18H,3,6-8,11-15,20H2,1H3,(H,21,23);2*1H. The van der Waals surface area contributed by atoms with Crippen LogP contribution in [0.15, 0.2) is 30.3 Å². The molecule has 0 spiro atoms. The van der Waals surface area contributed by atoms with Gasteiger partial charge in [-0.2, -0.15) is 0 Å². The summed E-state index contributed by atoms with van der Waals surface area (Å²) in [5, 5.41) is 3.00. The summed E-state index contributed by atoms with van der Waals surface area (Å²) in [5.74, 6) is 0.0432. The van der Waals surface area contributed by atoms with E-state index in [4.69, 9.17) is 5.73 Å². The predicted molar refractivity (Wildman–Crippen MR) is 110 cm³/mol. The Bertz CT molecular complexity index is 467. The third-order valence-corrected chi connectivity index (χ3v) is 4.84. The lowest BCUT2D eigenvalue weighted by Crippen LogP contribution is -2.36. The molecule has 0 saturated heterocycles. The number of amides is 1. The summed E-state index contributed by atoms with van der Waals surface area (Å²) >= 11 is 0. The first-order valence-corrected chi connectivity index (χ1v) is 8.94. The first-order valence-electron chi connectivity index (χ1n) is 8.94. The van der Waals surface area contributed by atoms with E-state index < -0.39 is 0 Å². The number of rotatable bonds is 8. The molecule has 0 heterocycles. The first-order chi connectivity index (χ1) is 11.2. The van der Waals surface area contributed by atoms with Crippen LogP contribution < -0.4 is 11.1 Å². The second-order valence-corrected chi connectivity index (χ2v) is 6.70. The zero-order valence-corrected chi connectivity index (χ0v) is 16.8. The molecule has 1 aromatic rings. The van der Waals surface area contributed by atoms with Gasteiger partial charge in [-0.25, -0.2) is 0 Å². The van der Waals surface area contributed by atoms with Gasteiger partial charge in [0.15, 0.2) is 0 Å². The van der Waals surface area contributed by atoms with Crippen LogP contribution in [-0.4, -0.2) is 37.0 Å². The van der Waals surface area contributed by atoms with E-state index in [1.165, 1.54) is 32.1 Å². The highest BCUT2D eigenvalue weighted by Crippen LogP contribution is 2.21. The maximum absolute atomic E-state index is 12.0. The molecule has 0 aliphatic heterocycles. The predicted octanol–water partition coefficient (Wildman–Crippen LogP) is 3.69. The van der Waals surface area contributed by atoms with Crippen molar-refractivity contribution >= 4 is 30.7 Å². The van der Waals surface area contributed by atoms with Crippen molar-refractivity contribution < 1.29 is 4.79 Å². The topological polar surface area (TPSA) is 58.4 Å². The molecule has 1 fully saturated rings. The molecule has 144 valence electrons. The second-order valence-electron chi connectivity index (χ2n) is 6.70. The third-order valence-electron chi connectivity index (χ3n) is 4.84. The molecule has 0 radical (unpaired) electrons. The average molecular weight is 390 g/mol. The SMILES string of the molecule is CN(CCCNC(=O)CC(N)c1ccccc1)C1CCCCC1.Cl.Cl. The van der Waals surface area contributed by atoms with Crippen LogP contribution in [0.25, 0.3) is 0 Å². The third kappa shape index (κ3) is 8.91. The number of hydrogen-bond acceptors (Lipinski definition) is 3. The lowest BCUT2D eigenvalue weighted by Gasteiger charge is -2.31. The molecule has 1 saturated carbocycles. The number of carbonyl (C=O) groups is 1. The lowest BCUT2D eigenvalue weighted by atomic mass is 9.94. The van der Waals surface area contributed by atoms with E-state index >= 15 is 0 Å². The maximum Gasteiger partial charge on any atom is 0.221 e. The van der Waals surface area contributed by atoms with Gasteiger partial charge in [-0.05, 0) is 38.4 Å². The molecule has 6 heteroatoms. The van der Waals surface area contributed by atoms with Gasteiger partial charge in [0, 0.05) is 25.0 Å². The van der Waals surface area contributed by atoms with Crippen molar-refractivity contribution in [1.29, 1.82) is 0 Å². The summed E-state index contributed by atoms with van der Waals surface area (Å²) in [5.41, 5.74) is 7.09. The van der Waals surface area contributed by atoms with Crippen molar-refractivity contribution in [2.75, 3.05) is 20.1 Å². The highest BCUT2D eigenvalue weighted by Gasteiger charge is 2.17. The van der Waals surface area contributed by atoms with Crippen LogP contribution in [-0.2, 0) is 4.79 Å². The van der Waals surface area contributed by atoms with Crippen LogP contribution in [0.3, 0.4) is 0 Å². The smallest absolute Gasteiger partial charge is 0.221 e. The second kappa shape index (κ2) is 13.4. The minimum atomic E-state index is -0.221. The fraction of sp³-hybridized carbons (Fsp3) is 0.632. The van der Waals surface area contributed by atoms with Gasteiger partial charge in [-0.3, -0.25) is 4.79 Å².